The Morgan fingerprint density at radius 1 is 1.35 bits per heavy atom. The Balaban J connectivity index is 2.22. The second kappa shape index (κ2) is 5.64. The minimum Gasteiger partial charge on any atom is -0.478 e. The van der Waals surface area contributed by atoms with Gasteiger partial charge in [-0.25, -0.2) is 13.6 Å². The van der Waals surface area contributed by atoms with E-state index in [0.717, 1.165) is 23.3 Å². The van der Waals surface area contributed by atoms with Gasteiger partial charge in [0.05, 0.1) is 5.56 Å². The predicted octanol–water partition coefficient (Wildman–Crippen LogP) is 2.98. The molecule has 0 saturated carbocycles. The lowest BCUT2D eigenvalue weighted by Gasteiger charge is -2.11. The van der Waals surface area contributed by atoms with Gasteiger partial charge < -0.3 is 10.4 Å². The summed E-state index contributed by atoms with van der Waals surface area (Å²) in [5.74, 6) is -3.26. The summed E-state index contributed by atoms with van der Waals surface area (Å²) in [6, 6.07) is 3.35. The molecule has 1 heterocycles. The van der Waals surface area contributed by atoms with E-state index in [1.165, 1.54) is 0 Å². The topological polar surface area (TPSA) is 62.2 Å². The molecule has 6 heteroatoms. The summed E-state index contributed by atoms with van der Waals surface area (Å²) in [5.41, 5.74) is 0.963. The van der Waals surface area contributed by atoms with Crippen molar-refractivity contribution >= 4 is 11.7 Å². The van der Waals surface area contributed by atoms with Gasteiger partial charge in [-0.15, -0.1) is 0 Å². The van der Waals surface area contributed by atoms with Gasteiger partial charge in [0.25, 0.3) is 0 Å². The minimum absolute atomic E-state index is 0.194. The van der Waals surface area contributed by atoms with E-state index in [4.69, 9.17) is 5.11 Å². The lowest BCUT2D eigenvalue weighted by atomic mass is 10.1. The molecule has 0 radical (unpaired) electrons. The molecule has 0 atom stereocenters. The van der Waals surface area contributed by atoms with E-state index in [2.05, 4.69) is 10.3 Å². The van der Waals surface area contributed by atoms with Crippen LogP contribution in [0.4, 0.5) is 14.5 Å². The zero-order chi connectivity index (χ0) is 14.7. The van der Waals surface area contributed by atoms with Crippen LogP contribution in [-0.2, 0) is 6.54 Å². The van der Waals surface area contributed by atoms with E-state index in [0.29, 0.717) is 0 Å². The number of nitrogens with zero attached hydrogens (tertiary/aromatic N) is 1. The number of aromatic carboxylic acids is 1. The molecule has 2 rings (SSSR count). The highest BCUT2D eigenvalue weighted by Crippen LogP contribution is 2.22. The van der Waals surface area contributed by atoms with Crippen LogP contribution in [-0.4, -0.2) is 16.1 Å². The van der Waals surface area contributed by atoms with Crippen LogP contribution in [0.25, 0.3) is 0 Å². The molecular weight excluding hydrogens is 266 g/mol. The number of aromatic nitrogens is 1. The summed E-state index contributed by atoms with van der Waals surface area (Å²) in [5, 5.41) is 11.3. The predicted molar refractivity (Wildman–Crippen MR) is 69.6 cm³/mol. The number of carboxylic acid groups (broad SMARTS) is 1. The average Bonchev–Trinajstić information content (AvgIpc) is 2.39. The van der Waals surface area contributed by atoms with Gasteiger partial charge >= 0.3 is 5.97 Å². The van der Waals surface area contributed by atoms with Gasteiger partial charge in [0.15, 0.2) is 0 Å². The second-order valence-corrected chi connectivity index (χ2v) is 4.28. The van der Waals surface area contributed by atoms with Gasteiger partial charge in [-0.05, 0) is 36.2 Å². The SMILES string of the molecule is Cc1ccncc1CNc1c(F)cc(C(=O)O)cc1F. The van der Waals surface area contributed by atoms with E-state index in [1.54, 1.807) is 18.5 Å². The molecule has 4 nitrogen and oxygen atoms in total. The van der Waals surface area contributed by atoms with Crippen LogP contribution in [0.15, 0.2) is 30.6 Å². The molecule has 0 fully saturated rings. The van der Waals surface area contributed by atoms with Crippen molar-refractivity contribution in [3.05, 3.63) is 58.9 Å². The molecule has 0 aliphatic carbocycles. The van der Waals surface area contributed by atoms with Crippen molar-refractivity contribution in [3.8, 4) is 0 Å². The van der Waals surface area contributed by atoms with Crippen LogP contribution in [0.3, 0.4) is 0 Å². The first kappa shape index (κ1) is 13.9. The molecule has 1 aromatic carbocycles. The van der Waals surface area contributed by atoms with Crippen LogP contribution < -0.4 is 5.32 Å². The molecule has 2 aromatic rings. The summed E-state index contributed by atoms with van der Waals surface area (Å²) in [6.45, 7) is 2.05. The van der Waals surface area contributed by atoms with Crippen molar-refractivity contribution in [1.82, 2.24) is 4.98 Å². The Morgan fingerprint density at radius 3 is 2.55 bits per heavy atom. The van der Waals surface area contributed by atoms with Crippen LogP contribution in [0.5, 0.6) is 0 Å². The van der Waals surface area contributed by atoms with Crippen molar-refractivity contribution in [2.75, 3.05) is 5.32 Å². The van der Waals surface area contributed by atoms with E-state index < -0.39 is 23.2 Å². The molecule has 0 spiro atoms. The molecule has 1 aromatic heterocycles. The zero-order valence-corrected chi connectivity index (χ0v) is 10.7. The Bertz CT molecular complexity index is 636. The molecular formula is C14H12F2N2O2. The van der Waals surface area contributed by atoms with Crippen LogP contribution in [0.2, 0.25) is 0 Å². The third-order valence-corrected chi connectivity index (χ3v) is 2.89. The third kappa shape index (κ3) is 2.90. The van der Waals surface area contributed by atoms with Gasteiger partial charge in [-0.2, -0.15) is 0 Å². The summed E-state index contributed by atoms with van der Waals surface area (Å²) in [4.78, 5) is 14.6. The first-order chi connectivity index (χ1) is 9.49. The van der Waals surface area contributed by atoms with Crippen molar-refractivity contribution < 1.29 is 18.7 Å². The number of nitrogens with one attached hydrogen (secondary N) is 1. The first-order valence-corrected chi connectivity index (χ1v) is 5.84. The van der Waals surface area contributed by atoms with Crippen molar-refractivity contribution in [3.63, 3.8) is 0 Å². The standard InChI is InChI=1S/C14H12F2N2O2/c1-8-2-3-17-6-10(8)7-18-13-11(15)4-9(14(19)20)5-12(13)16/h2-6,18H,7H2,1H3,(H,19,20). The maximum absolute atomic E-state index is 13.7. The zero-order valence-electron chi connectivity index (χ0n) is 10.7. The average molecular weight is 278 g/mol. The Labute approximate surface area is 114 Å². The summed E-state index contributed by atoms with van der Waals surface area (Å²) < 4.78 is 27.4. The molecule has 0 aliphatic rings. The fraction of sp³-hybridized carbons (Fsp3) is 0.143. The van der Waals surface area contributed by atoms with E-state index in [-0.39, 0.29) is 12.2 Å². The highest BCUT2D eigenvalue weighted by Gasteiger charge is 2.14. The molecule has 0 unspecified atom stereocenters. The van der Waals surface area contributed by atoms with Crippen LogP contribution in [0.1, 0.15) is 21.5 Å². The highest BCUT2D eigenvalue weighted by molar-refractivity contribution is 5.88. The number of anilines is 1. The molecule has 0 amide bonds. The van der Waals surface area contributed by atoms with Crippen LogP contribution in [0, 0.1) is 18.6 Å². The molecule has 20 heavy (non-hydrogen) atoms. The van der Waals surface area contributed by atoms with Crippen molar-refractivity contribution in [2.45, 2.75) is 13.5 Å². The van der Waals surface area contributed by atoms with E-state index in [9.17, 15) is 13.6 Å². The Kier molecular flexibility index (Phi) is 3.93. The number of aryl methyl sites for hydroxylation is 1. The molecule has 2 N–H and O–H groups in total. The highest BCUT2D eigenvalue weighted by atomic mass is 19.1. The van der Waals surface area contributed by atoms with E-state index in [1.807, 2.05) is 6.92 Å². The van der Waals surface area contributed by atoms with Gasteiger partial charge in [-0.1, -0.05) is 0 Å². The smallest absolute Gasteiger partial charge is 0.335 e. The third-order valence-electron chi connectivity index (χ3n) is 2.89. The number of hydrogen-bond donors (Lipinski definition) is 2. The minimum atomic E-state index is -1.38. The second-order valence-electron chi connectivity index (χ2n) is 4.28. The first-order valence-electron chi connectivity index (χ1n) is 5.84. The number of carboxylic acids is 1. The molecule has 0 aliphatic heterocycles. The van der Waals surface area contributed by atoms with Gasteiger partial charge in [-0.3, -0.25) is 4.98 Å². The van der Waals surface area contributed by atoms with Crippen molar-refractivity contribution in [1.29, 1.82) is 0 Å². The lowest BCUT2D eigenvalue weighted by Crippen LogP contribution is -2.07. The molecule has 104 valence electrons. The van der Waals surface area contributed by atoms with Gasteiger partial charge in [0.1, 0.15) is 17.3 Å². The van der Waals surface area contributed by atoms with Crippen LogP contribution >= 0.6 is 0 Å². The Morgan fingerprint density at radius 2 is 2.00 bits per heavy atom. The normalized spacial score (nSPS) is 10.3. The number of carbonyl (C=O) groups is 1. The van der Waals surface area contributed by atoms with E-state index >= 15 is 0 Å². The molecule has 0 bridgehead atoms. The van der Waals surface area contributed by atoms with Gasteiger partial charge in [0, 0.05) is 18.9 Å². The number of halogens is 2. The van der Waals surface area contributed by atoms with Crippen molar-refractivity contribution in [2.24, 2.45) is 0 Å². The van der Waals surface area contributed by atoms with Gasteiger partial charge in [0.2, 0.25) is 0 Å². The monoisotopic (exact) mass is 278 g/mol. The number of pyridine rings is 1. The summed E-state index contributed by atoms with van der Waals surface area (Å²) >= 11 is 0. The fourth-order valence-electron chi connectivity index (χ4n) is 1.73. The number of rotatable bonds is 4. The number of hydrogen-bond acceptors (Lipinski definition) is 3. The quantitative estimate of drug-likeness (QED) is 0.902. The largest absolute Gasteiger partial charge is 0.478 e. The fourth-order valence-corrected chi connectivity index (χ4v) is 1.73. The summed E-state index contributed by atoms with van der Waals surface area (Å²) in [6.07, 6.45) is 3.23. The maximum Gasteiger partial charge on any atom is 0.335 e. The maximum atomic E-state index is 13.7. The molecule has 0 saturated heterocycles. The summed E-state index contributed by atoms with van der Waals surface area (Å²) in [7, 11) is 0. The number of benzene rings is 1. The Hall–Kier alpha value is -2.50. The lowest BCUT2D eigenvalue weighted by molar-refractivity contribution is 0.0696.